The zero-order valence-electron chi connectivity index (χ0n) is 13.1. The molecule has 1 N–H and O–H groups in total. The Hall–Kier alpha value is -0.200. The van der Waals surface area contributed by atoms with Gasteiger partial charge in [-0.15, -0.1) is 0 Å². The van der Waals surface area contributed by atoms with E-state index in [0.29, 0.717) is 25.2 Å². The molecule has 0 aromatic rings. The van der Waals surface area contributed by atoms with E-state index < -0.39 is 0 Å². The maximum atomic E-state index is 6.07. The summed E-state index contributed by atoms with van der Waals surface area (Å²) in [6.07, 6.45) is 4.53. The molecule has 3 rings (SSSR count). The van der Waals surface area contributed by atoms with Gasteiger partial charge < -0.3 is 24.3 Å². The zero-order valence-corrected chi connectivity index (χ0v) is 13.1. The second kappa shape index (κ2) is 7.38. The zero-order chi connectivity index (χ0) is 14.5. The molecule has 4 atom stereocenters. The number of nitrogens with one attached hydrogen (secondary N) is 1. The topological polar surface area (TPSA) is 49.0 Å². The molecule has 0 radical (unpaired) electrons. The van der Waals surface area contributed by atoms with Crippen LogP contribution in [0.2, 0.25) is 0 Å². The molecule has 5 nitrogen and oxygen atoms in total. The Balaban J connectivity index is 1.65. The minimum absolute atomic E-state index is 0.0371. The second-order valence-electron chi connectivity index (χ2n) is 6.55. The van der Waals surface area contributed by atoms with Crippen LogP contribution in [0.15, 0.2) is 0 Å². The molecule has 3 aliphatic rings. The van der Waals surface area contributed by atoms with E-state index in [9.17, 15) is 0 Å². The van der Waals surface area contributed by atoms with E-state index in [2.05, 4.69) is 12.2 Å². The molecule has 3 saturated heterocycles. The highest BCUT2D eigenvalue weighted by atomic mass is 16.6. The number of hydrogen-bond acceptors (Lipinski definition) is 5. The monoisotopic (exact) mass is 299 g/mol. The molecular weight excluding hydrogens is 270 g/mol. The van der Waals surface area contributed by atoms with Crippen LogP contribution in [-0.2, 0) is 18.9 Å². The first-order chi connectivity index (χ1) is 10.3. The van der Waals surface area contributed by atoms with Gasteiger partial charge >= 0.3 is 0 Å². The summed E-state index contributed by atoms with van der Waals surface area (Å²) in [4.78, 5) is 0. The predicted molar refractivity (Wildman–Crippen MR) is 79.5 cm³/mol. The van der Waals surface area contributed by atoms with E-state index in [1.165, 1.54) is 0 Å². The largest absolute Gasteiger partial charge is 0.378 e. The lowest BCUT2D eigenvalue weighted by Gasteiger charge is -2.43. The fourth-order valence-corrected chi connectivity index (χ4v) is 3.86. The molecule has 122 valence electrons. The summed E-state index contributed by atoms with van der Waals surface area (Å²) < 4.78 is 23.3. The molecule has 0 aromatic carbocycles. The molecule has 3 fully saturated rings. The summed E-state index contributed by atoms with van der Waals surface area (Å²) in [6, 6.07) is 0.367. The van der Waals surface area contributed by atoms with Crippen LogP contribution in [0.5, 0.6) is 0 Å². The van der Waals surface area contributed by atoms with Gasteiger partial charge in [0.2, 0.25) is 0 Å². The molecule has 0 saturated carbocycles. The van der Waals surface area contributed by atoms with E-state index >= 15 is 0 Å². The number of rotatable bonds is 5. The number of ether oxygens (including phenoxy) is 4. The van der Waals surface area contributed by atoms with Crippen molar-refractivity contribution >= 4 is 0 Å². The van der Waals surface area contributed by atoms with Crippen LogP contribution in [0.3, 0.4) is 0 Å². The highest BCUT2D eigenvalue weighted by Gasteiger charge is 2.44. The molecule has 5 heteroatoms. The fourth-order valence-electron chi connectivity index (χ4n) is 3.86. The third-order valence-electron chi connectivity index (χ3n) is 4.98. The molecule has 3 aliphatic heterocycles. The van der Waals surface area contributed by atoms with Crippen molar-refractivity contribution in [2.45, 2.75) is 50.4 Å². The van der Waals surface area contributed by atoms with Gasteiger partial charge in [0.05, 0.1) is 38.1 Å². The third kappa shape index (κ3) is 3.77. The Morgan fingerprint density at radius 1 is 1.19 bits per heavy atom. The van der Waals surface area contributed by atoms with E-state index in [0.717, 1.165) is 58.7 Å². The summed E-state index contributed by atoms with van der Waals surface area (Å²) in [5.41, 5.74) is -0.0371. The van der Waals surface area contributed by atoms with Crippen LogP contribution in [0.25, 0.3) is 0 Å². The van der Waals surface area contributed by atoms with Crippen molar-refractivity contribution in [1.82, 2.24) is 5.32 Å². The van der Waals surface area contributed by atoms with Gasteiger partial charge in [-0.25, -0.2) is 0 Å². The normalized spacial score (nSPS) is 38.7. The van der Waals surface area contributed by atoms with Crippen LogP contribution >= 0.6 is 0 Å². The Morgan fingerprint density at radius 3 is 2.86 bits per heavy atom. The summed E-state index contributed by atoms with van der Waals surface area (Å²) >= 11 is 0. The average Bonchev–Trinajstić information content (AvgIpc) is 2.97. The van der Waals surface area contributed by atoms with Crippen molar-refractivity contribution in [2.75, 3.05) is 46.2 Å². The summed E-state index contributed by atoms with van der Waals surface area (Å²) in [6.45, 7) is 7.82. The SMILES string of the molecule is CCCNC(C1CCOC2(CCOC2)C1)C1COCCO1. The first-order valence-corrected chi connectivity index (χ1v) is 8.47. The van der Waals surface area contributed by atoms with Crippen molar-refractivity contribution in [3.63, 3.8) is 0 Å². The van der Waals surface area contributed by atoms with Crippen LogP contribution in [0, 0.1) is 5.92 Å². The van der Waals surface area contributed by atoms with E-state index in [-0.39, 0.29) is 11.7 Å². The molecule has 0 amide bonds. The fraction of sp³-hybridized carbons (Fsp3) is 1.00. The highest BCUT2D eigenvalue weighted by molar-refractivity contribution is 4.96. The highest BCUT2D eigenvalue weighted by Crippen LogP contribution is 2.38. The predicted octanol–water partition coefficient (Wildman–Crippen LogP) is 1.36. The summed E-state index contributed by atoms with van der Waals surface area (Å²) in [5, 5.41) is 3.71. The van der Waals surface area contributed by atoms with E-state index in [4.69, 9.17) is 18.9 Å². The lowest BCUT2D eigenvalue weighted by atomic mass is 9.79. The van der Waals surface area contributed by atoms with Gasteiger partial charge in [0, 0.05) is 25.7 Å². The van der Waals surface area contributed by atoms with E-state index in [1.807, 2.05) is 0 Å². The van der Waals surface area contributed by atoms with Crippen LogP contribution in [0.1, 0.15) is 32.6 Å². The summed E-state index contributed by atoms with van der Waals surface area (Å²) in [5.74, 6) is 0.582. The average molecular weight is 299 g/mol. The van der Waals surface area contributed by atoms with Gasteiger partial charge in [-0.05, 0) is 31.7 Å². The van der Waals surface area contributed by atoms with Crippen LogP contribution in [0.4, 0.5) is 0 Å². The maximum Gasteiger partial charge on any atom is 0.0964 e. The Labute approximate surface area is 127 Å². The molecule has 21 heavy (non-hydrogen) atoms. The standard InChI is InChI=1S/C16H29NO4/c1-2-5-17-15(14-11-18-8-9-20-14)13-3-6-21-16(10-13)4-7-19-12-16/h13-15,17H,2-12H2,1H3. The molecule has 0 aliphatic carbocycles. The van der Waals surface area contributed by atoms with E-state index in [1.54, 1.807) is 0 Å². The molecule has 4 unspecified atom stereocenters. The quantitative estimate of drug-likeness (QED) is 0.830. The van der Waals surface area contributed by atoms with Crippen molar-refractivity contribution in [3.8, 4) is 0 Å². The van der Waals surface area contributed by atoms with Crippen molar-refractivity contribution in [1.29, 1.82) is 0 Å². The van der Waals surface area contributed by atoms with Gasteiger partial charge in [0.15, 0.2) is 0 Å². The molecule has 3 heterocycles. The van der Waals surface area contributed by atoms with Gasteiger partial charge in [-0.1, -0.05) is 6.92 Å². The summed E-state index contributed by atoms with van der Waals surface area (Å²) in [7, 11) is 0. The van der Waals surface area contributed by atoms with Crippen molar-refractivity contribution in [3.05, 3.63) is 0 Å². The minimum Gasteiger partial charge on any atom is -0.378 e. The van der Waals surface area contributed by atoms with Gasteiger partial charge in [-0.3, -0.25) is 0 Å². The molecule has 0 aromatic heterocycles. The van der Waals surface area contributed by atoms with Crippen LogP contribution in [-0.4, -0.2) is 63.9 Å². The van der Waals surface area contributed by atoms with Gasteiger partial charge in [0.1, 0.15) is 0 Å². The smallest absolute Gasteiger partial charge is 0.0964 e. The Morgan fingerprint density at radius 2 is 2.14 bits per heavy atom. The Bertz CT molecular complexity index is 313. The third-order valence-corrected chi connectivity index (χ3v) is 4.98. The number of hydrogen-bond donors (Lipinski definition) is 1. The Kier molecular flexibility index (Phi) is 5.51. The molecule has 0 bridgehead atoms. The van der Waals surface area contributed by atoms with Gasteiger partial charge in [-0.2, -0.15) is 0 Å². The molecule has 1 spiro atoms. The molecular formula is C16H29NO4. The lowest BCUT2D eigenvalue weighted by molar-refractivity contribution is -0.137. The van der Waals surface area contributed by atoms with Crippen molar-refractivity contribution in [2.24, 2.45) is 5.92 Å². The van der Waals surface area contributed by atoms with Crippen LogP contribution < -0.4 is 5.32 Å². The first kappa shape index (κ1) is 15.7. The second-order valence-corrected chi connectivity index (χ2v) is 6.55. The lowest BCUT2D eigenvalue weighted by Crippen LogP contribution is -2.55. The van der Waals surface area contributed by atoms with Gasteiger partial charge in [0.25, 0.3) is 0 Å². The maximum absolute atomic E-state index is 6.07. The first-order valence-electron chi connectivity index (χ1n) is 8.47. The van der Waals surface area contributed by atoms with Crippen molar-refractivity contribution < 1.29 is 18.9 Å². The minimum atomic E-state index is -0.0371.